The fourth-order valence-electron chi connectivity index (χ4n) is 2.33. The molecule has 0 aliphatic heterocycles. The normalized spacial score (nSPS) is 12.4. The highest BCUT2D eigenvalue weighted by Gasteiger charge is 2.30. The van der Waals surface area contributed by atoms with E-state index >= 15 is 0 Å². The first-order valence-electron chi connectivity index (χ1n) is 8.60. The summed E-state index contributed by atoms with van der Waals surface area (Å²) in [5, 5.41) is 2.63. The van der Waals surface area contributed by atoms with E-state index in [1.807, 2.05) is 37.3 Å². The van der Waals surface area contributed by atoms with Gasteiger partial charge >= 0.3 is 12.3 Å². The number of amides is 1. The number of nitrogens with one attached hydrogen (secondary N) is 1. The van der Waals surface area contributed by atoms with Crippen LogP contribution in [-0.2, 0) is 28.8 Å². The van der Waals surface area contributed by atoms with Crippen LogP contribution in [0.15, 0.2) is 54.6 Å². The molecular formula is C20H22F3NO3. The largest absolute Gasteiger partial charge is 0.447 e. The summed E-state index contributed by atoms with van der Waals surface area (Å²) in [6.07, 6.45) is -4.80. The van der Waals surface area contributed by atoms with Crippen molar-refractivity contribution in [2.75, 3.05) is 6.61 Å². The third kappa shape index (κ3) is 7.30. The van der Waals surface area contributed by atoms with Crippen molar-refractivity contribution in [1.29, 1.82) is 0 Å². The van der Waals surface area contributed by atoms with Gasteiger partial charge in [-0.2, -0.15) is 13.2 Å². The first kappa shape index (κ1) is 20.8. The average Bonchev–Trinajstić information content (AvgIpc) is 2.67. The Morgan fingerprint density at radius 3 is 2.44 bits per heavy atom. The molecule has 2 aromatic rings. The molecule has 1 unspecified atom stereocenters. The lowest BCUT2D eigenvalue weighted by Gasteiger charge is -2.17. The monoisotopic (exact) mass is 381 g/mol. The molecule has 0 bridgehead atoms. The first-order valence-corrected chi connectivity index (χ1v) is 8.60. The minimum atomic E-state index is -4.39. The fraction of sp³-hybridized carbons (Fsp3) is 0.350. The van der Waals surface area contributed by atoms with Gasteiger partial charge in [-0.3, -0.25) is 0 Å². The zero-order valence-electron chi connectivity index (χ0n) is 15.0. The van der Waals surface area contributed by atoms with Gasteiger partial charge in [0.25, 0.3) is 0 Å². The molecule has 146 valence electrons. The van der Waals surface area contributed by atoms with Crippen LogP contribution in [0.4, 0.5) is 18.0 Å². The number of halogens is 3. The van der Waals surface area contributed by atoms with Crippen molar-refractivity contribution in [2.24, 2.45) is 0 Å². The molecule has 27 heavy (non-hydrogen) atoms. The molecule has 0 aliphatic rings. The van der Waals surface area contributed by atoms with Crippen LogP contribution in [0.2, 0.25) is 0 Å². The lowest BCUT2D eigenvalue weighted by Crippen LogP contribution is -2.28. The minimum Gasteiger partial charge on any atom is -0.447 e. The van der Waals surface area contributed by atoms with Crippen LogP contribution < -0.4 is 5.32 Å². The second-order valence-corrected chi connectivity index (χ2v) is 5.98. The number of rotatable bonds is 8. The molecule has 0 saturated heterocycles. The van der Waals surface area contributed by atoms with Crippen molar-refractivity contribution in [3.63, 3.8) is 0 Å². The Morgan fingerprint density at radius 2 is 1.78 bits per heavy atom. The third-order valence-corrected chi connectivity index (χ3v) is 3.88. The van der Waals surface area contributed by atoms with E-state index in [9.17, 15) is 18.0 Å². The molecule has 0 radical (unpaired) electrons. The highest BCUT2D eigenvalue weighted by Crippen LogP contribution is 2.29. The topological polar surface area (TPSA) is 47.6 Å². The molecule has 7 heteroatoms. The number of hydrogen-bond acceptors (Lipinski definition) is 3. The van der Waals surface area contributed by atoms with E-state index in [0.29, 0.717) is 18.5 Å². The van der Waals surface area contributed by atoms with Crippen LogP contribution in [-0.4, -0.2) is 18.8 Å². The van der Waals surface area contributed by atoms with Gasteiger partial charge in [0, 0.05) is 6.54 Å². The molecule has 0 heterocycles. The predicted molar refractivity (Wildman–Crippen MR) is 94.9 cm³/mol. The highest BCUT2D eigenvalue weighted by atomic mass is 19.4. The Morgan fingerprint density at radius 1 is 1.07 bits per heavy atom. The maximum absolute atomic E-state index is 12.7. The molecule has 0 aromatic heterocycles. The number of alkyl halides is 3. The Bertz CT molecular complexity index is 720. The molecule has 0 aliphatic carbocycles. The smallest absolute Gasteiger partial charge is 0.416 e. The number of benzene rings is 2. The molecule has 4 nitrogen and oxygen atoms in total. The van der Waals surface area contributed by atoms with Crippen LogP contribution in [0.3, 0.4) is 0 Å². The summed E-state index contributed by atoms with van der Waals surface area (Å²) >= 11 is 0. The van der Waals surface area contributed by atoms with Crippen LogP contribution in [0, 0.1) is 0 Å². The summed E-state index contributed by atoms with van der Waals surface area (Å²) in [6, 6.07) is 14.4. The Balaban J connectivity index is 1.76. The van der Waals surface area contributed by atoms with Gasteiger partial charge < -0.3 is 14.8 Å². The predicted octanol–water partition coefficient (Wildman–Crippen LogP) is 4.93. The highest BCUT2D eigenvalue weighted by molar-refractivity contribution is 5.67. The van der Waals surface area contributed by atoms with E-state index in [1.54, 1.807) is 6.07 Å². The second kappa shape index (κ2) is 9.97. The van der Waals surface area contributed by atoms with Gasteiger partial charge in [0.2, 0.25) is 0 Å². The van der Waals surface area contributed by atoms with E-state index in [-0.39, 0.29) is 13.2 Å². The Kier molecular flexibility index (Phi) is 7.67. The molecule has 2 aromatic carbocycles. The van der Waals surface area contributed by atoms with E-state index in [4.69, 9.17) is 9.47 Å². The molecule has 1 amide bonds. The number of ether oxygens (including phenoxy) is 2. The van der Waals surface area contributed by atoms with Crippen molar-refractivity contribution in [1.82, 2.24) is 5.32 Å². The molecular weight excluding hydrogens is 359 g/mol. The van der Waals surface area contributed by atoms with Crippen molar-refractivity contribution < 1.29 is 27.4 Å². The summed E-state index contributed by atoms with van der Waals surface area (Å²) in [5.41, 5.74) is 0.646. The molecule has 1 N–H and O–H groups in total. The SMILES string of the molecule is CCC(COC(=O)NCc1ccccc1)OCc1cccc(C(F)(F)F)c1. The van der Waals surface area contributed by atoms with Crippen LogP contribution in [0.1, 0.15) is 30.0 Å². The van der Waals surface area contributed by atoms with Crippen molar-refractivity contribution in [3.8, 4) is 0 Å². The van der Waals surface area contributed by atoms with Gasteiger partial charge in [0.15, 0.2) is 0 Å². The van der Waals surface area contributed by atoms with Gasteiger partial charge in [-0.15, -0.1) is 0 Å². The van der Waals surface area contributed by atoms with Gasteiger partial charge in [0.05, 0.1) is 18.3 Å². The van der Waals surface area contributed by atoms with Gasteiger partial charge in [-0.05, 0) is 29.7 Å². The zero-order chi connectivity index (χ0) is 19.7. The zero-order valence-corrected chi connectivity index (χ0v) is 15.0. The van der Waals surface area contributed by atoms with Gasteiger partial charge in [-0.1, -0.05) is 49.4 Å². The first-order chi connectivity index (χ1) is 12.9. The number of alkyl carbamates (subject to hydrolysis) is 1. The van der Waals surface area contributed by atoms with Crippen molar-refractivity contribution in [2.45, 2.75) is 38.8 Å². The summed E-state index contributed by atoms with van der Waals surface area (Å²) in [6.45, 7) is 2.23. The quantitative estimate of drug-likeness (QED) is 0.706. The molecule has 2 rings (SSSR count). The van der Waals surface area contributed by atoms with E-state index < -0.39 is 23.9 Å². The van der Waals surface area contributed by atoms with Gasteiger partial charge in [-0.25, -0.2) is 4.79 Å². The second-order valence-electron chi connectivity index (χ2n) is 5.98. The van der Waals surface area contributed by atoms with Crippen LogP contribution in [0.5, 0.6) is 0 Å². The minimum absolute atomic E-state index is 0.0113. The maximum atomic E-state index is 12.7. The molecule has 0 fully saturated rings. The van der Waals surface area contributed by atoms with Crippen molar-refractivity contribution >= 4 is 6.09 Å². The molecule has 0 spiro atoms. The van der Waals surface area contributed by atoms with E-state index in [0.717, 1.165) is 17.7 Å². The van der Waals surface area contributed by atoms with Gasteiger partial charge in [0.1, 0.15) is 6.61 Å². The maximum Gasteiger partial charge on any atom is 0.416 e. The summed E-state index contributed by atoms with van der Waals surface area (Å²) in [7, 11) is 0. The number of hydrogen-bond donors (Lipinski definition) is 1. The van der Waals surface area contributed by atoms with E-state index in [2.05, 4.69) is 5.32 Å². The lowest BCUT2D eigenvalue weighted by atomic mass is 10.1. The average molecular weight is 381 g/mol. The lowest BCUT2D eigenvalue weighted by molar-refractivity contribution is -0.137. The van der Waals surface area contributed by atoms with E-state index in [1.165, 1.54) is 6.07 Å². The number of carbonyl (C=O) groups is 1. The van der Waals surface area contributed by atoms with Crippen molar-refractivity contribution in [3.05, 3.63) is 71.3 Å². The molecule has 1 atom stereocenters. The third-order valence-electron chi connectivity index (χ3n) is 3.88. The van der Waals surface area contributed by atoms with Crippen LogP contribution in [0.25, 0.3) is 0 Å². The Hall–Kier alpha value is -2.54. The summed E-state index contributed by atoms with van der Waals surface area (Å²) in [4.78, 5) is 11.8. The Labute approximate surface area is 156 Å². The summed E-state index contributed by atoms with van der Waals surface area (Å²) in [5.74, 6) is 0. The molecule has 0 saturated carbocycles. The van der Waals surface area contributed by atoms with Crippen LogP contribution >= 0.6 is 0 Å². The standard InChI is InChI=1S/C20H22F3NO3/c1-2-18(14-27-19(25)24-12-15-7-4-3-5-8-15)26-13-16-9-6-10-17(11-16)20(21,22)23/h3-11,18H,2,12-14H2,1H3,(H,24,25). The summed E-state index contributed by atoms with van der Waals surface area (Å²) < 4.78 is 48.9. The fourth-order valence-corrected chi connectivity index (χ4v) is 2.33. The number of carbonyl (C=O) groups excluding carboxylic acids is 1.